The minimum absolute atomic E-state index is 0.0930. The molecule has 0 unspecified atom stereocenters. The fraction of sp³-hybridized carbons (Fsp3) is 0.182. The van der Waals surface area contributed by atoms with Gasteiger partial charge in [-0.2, -0.15) is 0 Å². The maximum Gasteiger partial charge on any atom is 0.259 e. The maximum atomic E-state index is 12.0. The van der Waals surface area contributed by atoms with Gasteiger partial charge in [-0.3, -0.25) is 9.69 Å². The van der Waals surface area contributed by atoms with Gasteiger partial charge in [0.1, 0.15) is 5.75 Å². The number of rotatable bonds is 1. The molecule has 0 aromatic heterocycles. The third-order valence-electron chi connectivity index (χ3n) is 2.29. The Kier molecular flexibility index (Phi) is 2.78. The van der Waals surface area contributed by atoms with E-state index in [0.29, 0.717) is 12.2 Å². The SMILES string of the molecule is CN1CN(C(=O)c2ccc(O)cc2)C=CN1. The van der Waals surface area contributed by atoms with Gasteiger partial charge in [-0.1, -0.05) is 0 Å². The van der Waals surface area contributed by atoms with Crippen LogP contribution in [0.3, 0.4) is 0 Å². The molecule has 5 nitrogen and oxygen atoms in total. The molecular formula is C11H13N3O2. The standard InChI is InChI=1S/C11H13N3O2/c1-13-8-14(7-6-12-13)11(16)9-2-4-10(15)5-3-9/h2-7,12,15H,8H2,1H3. The average molecular weight is 219 g/mol. The number of nitrogens with zero attached hydrogens (tertiary/aromatic N) is 2. The third-order valence-corrected chi connectivity index (χ3v) is 2.29. The first-order valence-corrected chi connectivity index (χ1v) is 4.91. The van der Waals surface area contributed by atoms with Crippen LogP contribution in [-0.4, -0.2) is 34.6 Å². The molecule has 0 fully saturated rings. The zero-order chi connectivity index (χ0) is 11.5. The zero-order valence-corrected chi connectivity index (χ0v) is 8.92. The summed E-state index contributed by atoms with van der Waals surface area (Å²) < 4.78 is 0. The number of amides is 1. The lowest BCUT2D eigenvalue weighted by Crippen LogP contribution is -2.45. The number of carbonyl (C=O) groups is 1. The van der Waals surface area contributed by atoms with Crippen molar-refractivity contribution in [1.82, 2.24) is 15.3 Å². The van der Waals surface area contributed by atoms with Crippen LogP contribution < -0.4 is 5.43 Å². The lowest BCUT2D eigenvalue weighted by Gasteiger charge is -2.29. The molecule has 1 aliphatic heterocycles. The molecule has 2 rings (SSSR count). The van der Waals surface area contributed by atoms with Gasteiger partial charge in [-0.05, 0) is 24.3 Å². The van der Waals surface area contributed by atoms with Crippen molar-refractivity contribution >= 4 is 5.91 Å². The number of aromatic hydroxyl groups is 1. The van der Waals surface area contributed by atoms with E-state index in [-0.39, 0.29) is 11.7 Å². The molecule has 84 valence electrons. The Morgan fingerprint density at radius 3 is 2.69 bits per heavy atom. The maximum absolute atomic E-state index is 12.0. The van der Waals surface area contributed by atoms with Gasteiger partial charge in [-0.25, -0.2) is 5.01 Å². The van der Waals surface area contributed by atoms with Crippen LogP contribution in [0.2, 0.25) is 0 Å². The number of phenols is 1. The topological polar surface area (TPSA) is 55.8 Å². The minimum atomic E-state index is -0.0930. The largest absolute Gasteiger partial charge is 0.508 e. The molecule has 0 atom stereocenters. The van der Waals surface area contributed by atoms with E-state index in [9.17, 15) is 4.79 Å². The Morgan fingerprint density at radius 1 is 1.38 bits per heavy atom. The van der Waals surface area contributed by atoms with Gasteiger partial charge in [0, 0.05) is 25.0 Å². The average Bonchev–Trinajstić information content (AvgIpc) is 2.29. The Labute approximate surface area is 93.6 Å². The normalized spacial score (nSPS) is 15.9. The second kappa shape index (κ2) is 4.24. The summed E-state index contributed by atoms with van der Waals surface area (Å²) in [6, 6.07) is 6.22. The second-order valence-electron chi connectivity index (χ2n) is 3.61. The summed E-state index contributed by atoms with van der Waals surface area (Å²) >= 11 is 0. The lowest BCUT2D eigenvalue weighted by molar-refractivity contribution is 0.0684. The van der Waals surface area contributed by atoms with E-state index >= 15 is 0 Å². The number of hydrazine groups is 1. The van der Waals surface area contributed by atoms with Crippen LogP contribution in [-0.2, 0) is 0 Å². The fourth-order valence-electron chi connectivity index (χ4n) is 1.47. The molecule has 0 bridgehead atoms. The molecular weight excluding hydrogens is 206 g/mol. The highest BCUT2D eigenvalue weighted by atomic mass is 16.3. The van der Waals surface area contributed by atoms with Gasteiger partial charge in [0.05, 0.1) is 6.67 Å². The first-order valence-electron chi connectivity index (χ1n) is 4.91. The van der Waals surface area contributed by atoms with Crippen LogP contribution >= 0.6 is 0 Å². The number of phenolic OH excluding ortho intramolecular Hbond substituents is 1. The number of hydrogen-bond donors (Lipinski definition) is 2. The van der Waals surface area contributed by atoms with Crippen molar-refractivity contribution in [1.29, 1.82) is 0 Å². The number of nitrogens with one attached hydrogen (secondary N) is 1. The highest BCUT2D eigenvalue weighted by Crippen LogP contribution is 2.12. The van der Waals surface area contributed by atoms with Crippen molar-refractivity contribution in [3.8, 4) is 5.75 Å². The molecule has 1 aromatic carbocycles. The van der Waals surface area contributed by atoms with Crippen LogP contribution in [0.15, 0.2) is 36.7 Å². The van der Waals surface area contributed by atoms with Gasteiger partial charge in [0.25, 0.3) is 5.91 Å². The van der Waals surface area contributed by atoms with Gasteiger partial charge in [-0.15, -0.1) is 0 Å². The molecule has 0 spiro atoms. The summed E-state index contributed by atoms with van der Waals surface area (Å²) in [4.78, 5) is 13.6. The quantitative estimate of drug-likeness (QED) is 0.730. The number of carbonyl (C=O) groups excluding carboxylic acids is 1. The first-order chi connectivity index (χ1) is 7.66. The molecule has 0 aliphatic carbocycles. The molecule has 1 heterocycles. The van der Waals surface area contributed by atoms with Crippen molar-refractivity contribution in [2.45, 2.75) is 0 Å². The van der Waals surface area contributed by atoms with E-state index in [1.54, 1.807) is 34.4 Å². The van der Waals surface area contributed by atoms with E-state index in [1.807, 2.05) is 7.05 Å². The van der Waals surface area contributed by atoms with Crippen molar-refractivity contribution in [2.75, 3.05) is 13.7 Å². The molecule has 1 aliphatic rings. The van der Waals surface area contributed by atoms with Crippen molar-refractivity contribution in [2.24, 2.45) is 0 Å². The van der Waals surface area contributed by atoms with Gasteiger partial charge < -0.3 is 10.5 Å². The van der Waals surface area contributed by atoms with Gasteiger partial charge in [0.2, 0.25) is 0 Å². The summed E-state index contributed by atoms with van der Waals surface area (Å²) in [7, 11) is 1.85. The summed E-state index contributed by atoms with van der Waals surface area (Å²) in [5.74, 6) is 0.0640. The predicted octanol–water partition coefficient (Wildman–Crippen LogP) is 0.713. The van der Waals surface area contributed by atoms with E-state index in [4.69, 9.17) is 5.11 Å². The zero-order valence-electron chi connectivity index (χ0n) is 8.92. The van der Waals surface area contributed by atoms with E-state index < -0.39 is 0 Å². The molecule has 2 N–H and O–H groups in total. The summed E-state index contributed by atoms with van der Waals surface area (Å²) in [6.07, 6.45) is 3.39. The molecule has 0 radical (unpaired) electrons. The van der Waals surface area contributed by atoms with E-state index in [1.165, 1.54) is 12.1 Å². The smallest absolute Gasteiger partial charge is 0.259 e. The Hall–Kier alpha value is -2.01. The molecule has 0 saturated heterocycles. The molecule has 16 heavy (non-hydrogen) atoms. The van der Waals surface area contributed by atoms with Crippen LogP contribution in [0.25, 0.3) is 0 Å². The van der Waals surface area contributed by atoms with Gasteiger partial charge >= 0.3 is 0 Å². The van der Waals surface area contributed by atoms with Gasteiger partial charge in [0.15, 0.2) is 0 Å². The highest BCUT2D eigenvalue weighted by Gasteiger charge is 2.16. The third kappa shape index (κ3) is 2.14. The fourth-order valence-corrected chi connectivity index (χ4v) is 1.47. The molecule has 0 saturated carbocycles. The Balaban J connectivity index is 2.16. The summed E-state index contributed by atoms with van der Waals surface area (Å²) in [5, 5.41) is 10.9. The van der Waals surface area contributed by atoms with Crippen LogP contribution in [0.1, 0.15) is 10.4 Å². The van der Waals surface area contributed by atoms with Crippen molar-refractivity contribution < 1.29 is 9.90 Å². The van der Waals surface area contributed by atoms with Crippen LogP contribution in [0, 0.1) is 0 Å². The van der Waals surface area contributed by atoms with E-state index in [2.05, 4.69) is 5.43 Å². The monoisotopic (exact) mass is 219 g/mol. The molecule has 5 heteroatoms. The Morgan fingerprint density at radius 2 is 2.06 bits per heavy atom. The van der Waals surface area contributed by atoms with Crippen LogP contribution in [0.4, 0.5) is 0 Å². The van der Waals surface area contributed by atoms with Crippen molar-refractivity contribution in [3.05, 3.63) is 42.2 Å². The predicted molar refractivity (Wildman–Crippen MR) is 59.2 cm³/mol. The highest BCUT2D eigenvalue weighted by molar-refractivity contribution is 5.95. The first kappa shape index (κ1) is 10.5. The Bertz CT molecular complexity index is 414. The lowest BCUT2D eigenvalue weighted by atomic mass is 10.2. The molecule has 1 aromatic rings. The van der Waals surface area contributed by atoms with Crippen molar-refractivity contribution in [3.63, 3.8) is 0 Å². The van der Waals surface area contributed by atoms with E-state index in [0.717, 1.165) is 0 Å². The second-order valence-corrected chi connectivity index (χ2v) is 3.61. The molecule has 1 amide bonds. The number of hydrogen-bond acceptors (Lipinski definition) is 4. The van der Waals surface area contributed by atoms with Crippen LogP contribution in [0.5, 0.6) is 5.75 Å². The summed E-state index contributed by atoms with van der Waals surface area (Å²) in [5.41, 5.74) is 3.50. The number of benzene rings is 1. The summed E-state index contributed by atoms with van der Waals surface area (Å²) in [6.45, 7) is 0.482. The minimum Gasteiger partial charge on any atom is -0.508 e.